The van der Waals surface area contributed by atoms with E-state index in [4.69, 9.17) is 0 Å². The average Bonchev–Trinajstić information content (AvgIpc) is 3.09. The highest BCUT2D eigenvalue weighted by molar-refractivity contribution is 5.76. The van der Waals surface area contributed by atoms with Crippen molar-refractivity contribution in [2.45, 2.75) is 26.9 Å². The van der Waals surface area contributed by atoms with Crippen LogP contribution >= 0.6 is 0 Å². The minimum atomic E-state index is -0.485. The van der Waals surface area contributed by atoms with Crippen molar-refractivity contribution in [3.05, 3.63) is 88.2 Å². The van der Waals surface area contributed by atoms with Crippen LogP contribution in [0.25, 0.3) is 5.65 Å². The van der Waals surface area contributed by atoms with Gasteiger partial charge in [-0.05, 0) is 43.7 Å². The van der Waals surface area contributed by atoms with Gasteiger partial charge in [-0.1, -0.05) is 30.3 Å². The molecule has 4 aromatic rings. The van der Waals surface area contributed by atoms with Crippen LogP contribution in [-0.4, -0.2) is 36.5 Å². The monoisotopic (exact) mass is 434 g/mol. The molecule has 0 bridgehead atoms. The van der Waals surface area contributed by atoms with E-state index in [0.717, 1.165) is 10.2 Å². The third-order valence-corrected chi connectivity index (χ3v) is 5.03. The van der Waals surface area contributed by atoms with Crippen LogP contribution in [0.15, 0.2) is 65.5 Å². The van der Waals surface area contributed by atoms with Crippen LogP contribution in [-0.2, 0) is 17.9 Å². The first kappa shape index (κ1) is 21.2. The lowest BCUT2D eigenvalue weighted by Gasteiger charge is -2.20. The number of anilines is 2. The smallest absolute Gasteiger partial charge is 0.337 e. The highest BCUT2D eigenvalue weighted by Crippen LogP contribution is 2.16. The summed E-state index contributed by atoms with van der Waals surface area (Å²) in [5.41, 5.74) is 2.11. The van der Waals surface area contributed by atoms with Crippen LogP contribution < -0.4 is 11.0 Å². The first-order valence-electron chi connectivity index (χ1n) is 10.3. The van der Waals surface area contributed by atoms with Gasteiger partial charge in [-0.25, -0.2) is 23.3 Å². The number of hydrogen-bond acceptors (Lipinski definition) is 5. The van der Waals surface area contributed by atoms with E-state index in [0.29, 0.717) is 30.1 Å². The van der Waals surface area contributed by atoms with E-state index in [9.17, 15) is 14.0 Å². The van der Waals surface area contributed by atoms with Crippen LogP contribution in [0, 0.1) is 12.7 Å². The molecule has 0 atom stereocenters. The Labute approximate surface area is 183 Å². The molecule has 32 heavy (non-hydrogen) atoms. The Kier molecular flexibility index (Phi) is 5.98. The van der Waals surface area contributed by atoms with Gasteiger partial charge in [0.2, 0.25) is 11.9 Å². The van der Waals surface area contributed by atoms with E-state index in [2.05, 4.69) is 15.4 Å². The van der Waals surface area contributed by atoms with Crippen molar-refractivity contribution in [3.8, 4) is 0 Å². The molecule has 0 spiro atoms. The number of carbonyl (C=O) groups is 1. The second-order valence-corrected chi connectivity index (χ2v) is 7.38. The third kappa shape index (κ3) is 4.51. The van der Waals surface area contributed by atoms with Gasteiger partial charge in [0.05, 0.1) is 0 Å². The summed E-state index contributed by atoms with van der Waals surface area (Å²) in [6.07, 6.45) is 0. The summed E-state index contributed by atoms with van der Waals surface area (Å²) in [5, 5.41) is 7.36. The summed E-state index contributed by atoms with van der Waals surface area (Å²) in [4.78, 5) is 32.0. The molecule has 0 aliphatic rings. The van der Waals surface area contributed by atoms with Crippen LogP contribution in [0.3, 0.4) is 0 Å². The second-order valence-electron chi connectivity index (χ2n) is 7.38. The van der Waals surface area contributed by atoms with E-state index >= 15 is 0 Å². The molecule has 1 amide bonds. The zero-order chi connectivity index (χ0) is 22.7. The van der Waals surface area contributed by atoms with Gasteiger partial charge in [-0.15, -0.1) is 5.10 Å². The molecule has 164 valence electrons. The van der Waals surface area contributed by atoms with E-state index in [-0.39, 0.29) is 24.2 Å². The normalized spacial score (nSPS) is 11.0. The Hall–Kier alpha value is -4.01. The number of halogens is 1. The number of aryl methyl sites for hydroxylation is 1. The predicted octanol–water partition coefficient (Wildman–Crippen LogP) is 3.13. The molecule has 9 heteroatoms. The van der Waals surface area contributed by atoms with Gasteiger partial charge in [0, 0.05) is 30.5 Å². The van der Waals surface area contributed by atoms with Crippen molar-refractivity contribution >= 4 is 23.2 Å². The summed E-state index contributed by atoms with van der Waals surface area (Å²) in [7, 11) is 0. The minimum absolute atomic E-state index is 0.184. The van der Waals surface area contributed by atoms with Gasteiger partial charge in [-0.3, -0.25) is 4.79 Å². The summed E-state index contributed by atoms with van der Waals surface area (Å²) in [5.74, 6) is -0.330. The molecule has 2 heterocycles. The molecule has 0 saturated heterocycles. The standard InChI is InChI=1S/C23H23FN6O2/c1-3-28(14-17-7-5-4-6-8-17)21(31)15-29-23(32)30-20(27-29)13-16(2)25-22(30)26-19-11-9-18(24)10-12-19/h4-13H,3,14-15H2,1-2H3,(H,25,26). The number of likely N-dealkylation sites (N-methyl/N-ethyl adjacent to an activating group) is 1. The molecule has 0 fully saturated rings. The number of nitrogens with one attached hydrogen (secondary N) is 1. The maximum atomic E-state index is 13.2. The van der Waals surface area contributed by atoms with Crippen molar-refractivity contribution in [1.82, 2.24) is 24.1 Å². The molecule has 1 N–H and O–H groups in total. The third-order valence-electron chi connectivity index (χ3n) is 5.03. The summed E-state index contributed by atoms with van der Waals surface area (Å²) in [6, 6.07) is 17.1. The van der Waals surface area contributed by atoms with Crippen LogP contribution in [0.1, 0.15) is 18.2 Å². The quantitative estimate of drug-likeness (QED) is 0.483. The SMILES string of the molecule is CCN(Cc1ccccc1)C(=O)Cn1nc2cc(C)nc(Nc3ccc(F)cc3)n2c1=O. The van der Waals surface area contributed by atoms with E-state index in [1.165, 1.54) is 16.5 Å². The molecule has 0 radical (unpaired) electrons. The summed E-state index contributed by atoms with van der Waals surface area (Å²) >= 11 is 0. The van der Waals surface area contributed by atoms with Crippen LogP contribution in [0.5, 0.6) is 0 Å². The Bertz CT molecular complexity index is 1300. The lowest BCUT2D eigenvalue weighted by molar-refractivity contribution is -0.132. The lowest BCUT2D eigenvalue weighted by atomic mass is 10.2. The number of amides is 1. The van der Waals surface area contributed by atoms with Crippen molar-refractivity contribution < 1.29 is 9.18 Å². The molecule has 0 saturated carbocycles. The number of aromatic nitrogens is 4. The van der Waals surface area contributed by atoms with E-state index in [1.807, 2.05) is 37.3 Å². The zero-order valence-electron chi connectivity index (χ0n) is 17.8. The van der Waals surface area contributed by atoms with Crippen molar-refractivity contribution in [1.29, 1.82) is 0 Å². The van der Waals surface area contributed by atoms with Gasteiger partial charge in [0.25, 0.3) is 0 Å². The van der Waals surface area contributed by atoms with Crippen molar-refractivity contribution in [2.24, 2.45) is 0 Å². The number of rotatable bonds is 7. The number of hydrogen-bond donors (Lipinski definition) is 1. The van der Waals surface area contributed by atoms with Crippen LogP contribution in [0.4, 0.5) is 16.0 Å². The first-order valence-corrected chi connectivity index (χ1v) is 10.3. The highest BCUT2D eigenvalue weighted by atomic mass is 19.1. The molecular formula is C23H23FN6O2. The fraction of sp³-hybridized carbons (Fsp3) is 0.217. The molecule has 2 aromatic heterocycles. The Morgan fingerprint density at radius 3 is 2.53 bits per heavy atom. The molecule has 0 aliphatic heterocycles. The molecule has 0 unspecified atom stereocenters. The van der Waals surface area contributed by atoms with E-state index < -0.39 is 5.69 Å². The molecule has 4 rings (SSSR count). The van der Waals surface area contributed by atoms with Crippen molar-refractivity contribution in [3.63, 3.8) is 0 Å². The maximum Gasteiger partial charge on any atom is 0.353 e. The number of fused-ring (bicyclic) bond motifs is 1. The largest absolute Gasteiger partial charge is 0.353 e. The number of carbonyl (C=O) groups excluding carboxylic acids is 1. The summed E-state index contributed by atoms with van der Waals surface area (Å²) < 4.78 is 15.7. The van der Waals surface area contributed by atoms with Crippen LogP contribution in [0.2, 0.25) is 0 Å². The Morgan fingerprint density at radius 1 is 1.12 bits per heavy atom. The Balaban J connectivity index is 1.62. The lowest BCUT2D eigenvalue weighted by Crippen LogP contribution is -2.36. The van der Waals surface area contributed by atoms with Gasteiger partial charge in [-0.2, -0.15) is 0 Å². The number of nitrogens with zero attached hydrogens (tertiary/aromatic N) is 5. The highest BCUT2D eigenvalue weighted by Gasteiger charge is 2.18. The first-order chi connectivity index (χ1) is 15.4. The average molecular weight is 434 g/mol. The molecular weight excluding hydrogens is 411 g/mol. The maximum absolute atomic E-state index is 13.2. The van der Waals surface area contributed by atoms with Gasteiger partial charge in [0.1, 0.15) is 12.4 Å². The molecule has 2 aromatic carbocycles. The van der Waals surface area contributed by atoms with Gasteiger partial charge >= 0.3 is 5.69 Å². The van der Waals surface area contributed by atoms with E-state index in [1.54, 1.807) is 30.0 Å². The zero-order valence-corrected chi connectivity index (χ0v) is 17.8. The molecule has 0 aliphatic carbocycles. The fourth-order valence-electron chi connectivity index (χ4n) is 3.41. The van der Waals surface area contributed by atoms with Gasteiger partial charge < -0.3 is 10.2 Å². The summed E-state index contributed by atoms with van der Waals surface area (Å²) in [6.45, 7) is 4.45. The molecule has 8 nitrogen and oxygen atoms in total. The minimum Gasteiger partial charge on any atom is -0.337 e. The van der Waals surface area contributed by atoms with Crippen molar-refractivity contribution in [2.75, 3.05) is 11.9 Å². The predicted molar refractivity (Wildman–Crippen MR) is 119 cm³/mol. The fourth-order valence-corrected chi connectivity index (χ4v) is 3.41. The Morgan fingerprint density at radius 2 is 1.84 bits per heavy atom. The second kappa shape index (κ2) is 9.01. The topological polar surface area (TPSA) is 84.5 Å². The number of benzene rings is 2. The van der Waals surface area contributed by atoms with Gasteiger partial charge in [0.15, 0.2) is 5.65 Å².